The minimum atomic E-state index is -0.277. The highest BCUT2D eigenvalue weighted by Gasteiger charge is 2.26. The zero-order chi connectivity index (χ0) is 17.4. The maximum absolute atomic E-state index is 12.9. The number of aromatic nitrogens is 2. The van der Waals surface area contributed by atoms with Crippen molar-refractivity contribution in [2.45, 2.75) is 6.04 Å². The van der Waals surface area contributed by atoms with Crippen LogP contribution in [-0.2, 0) is 0 Å². The van der Waals surface area contributed by atoms with E-state index >= 15 is 0 Å². The van der Waals surface area contributed by atoms with Crippen molar-refractivity contribution in [2.75, 3.05) is 19.6 Å². The minimum absolute atomic E-state index is 0.00203. The topological polar surface area (TPSA) is 81.0 Å². The summed E-state index contributed by atoms with van der Waals surface area (Å²) in [6.45, 7) is 1.87. The van der Waals surface area contributed by atoms with Crippen molar-refractivity contribution in [2.24, 2.45) is 0 Å². The summed E-state index contributed by atoms with van der Waals surface area (Å²) in [5.74, 6) is -0.0532. The number of aromatic amines is 2. The Kier molecular flexibility index (Phi) is 4.07. The van der Waals surface area contributed by atoms with Gasteiger partial charge >= 0.3 is 5.69 Å². The molecule has 2 aromatic carbocycles. The quantitative estimate of drug-likeness (QED) is 0.659. The molecule has 3 aromatic rings. The number of halogens is 1. The Hall–Kier alpha value is -2.57. The summed E-state index contributed by atoms with van der Waals surface area (Å²) in [5, 5.41) is 4.11. The Morgan fingerprint density at radius 1 is 1.12 bits per heavy atom. The molecule has 1 aliphatic heterocycles. The summed E-state index contributed by atoms with van der Waals surface area (Å²) < 4.78 is 0. The van der Waals surface area contributed by atoms with Gasteiger partial charge in [-0.2, -0.15) is 0 Å². The lowest BCUT2D eigenvalue weighted by atomic mass is 10.0. The van der Waals surface area contributed by atoms with Gasteiger partial charge in [-0.1, -0.05) is 29.8 Å². The number of nitrogens with zero attached hydrogens (tertiary/aromatic N) is 1. The summed E-state index contributed by atoms with van der Waals surface area (Å²) in [5.41, 5.74) is 2.60. The molecule has 1 aliphatic rings. The molecule has 0 aliphatic carbocycles. The minimum Gasteiger partial charge on any atom is -0.335 e. The molecule has 0 bridgehead atoms. The molecular weight excluding hydrogens is 340 g/mol. The van der Waals surface area contributed by atoms with Crippen molar-refractivity contribution in [3.8, 4) is 0 Å². The molecule has 128 valence electrons. The number of imidazole rings is 1. The number of amides is 1. The number of rotatable bonds is 2. The van der Waals surface area contributed by atoms with Crippen LogP contribution in [0.25, 0.3) is 11.0 Å². The van der Waals surface area contributed by atoms with E-state index in [9.17, 15) is 9.59 Å². The van der Waals surface area contributed by atoms with E-state index in [-0.39, 0.29) is 17.6 Å². The molecule has 2 heterocycles. The van der Waals surface area contributed by atoms with Crippen molar-refractivity contribution in [1.82, 2.24) is 20.2 Å². The molecule has 6 nitrogen and oxygen atoms in total. The Labute approximate surface area is 148 Å². The number of hydrogen-bond donors (Lipinski definition) is 3. The van der Waals surface area contributed by atoms with Crippen LogP contribution in [0.4, 0.5) is 0 Å². The highest BCUT2D eigenvalue weighted by Crippen LogP contribution is 2.25. The summed E-state index contributed by atoms with van der Waals surface area (Å²) in [4.78, 5) is 31.4. The van der Waals surface area contributed by atoms with Gasteiger partial charge < -0.3 is 20.2 Å². The molecular formula is C18H17ClN4O2. The smallest absolute Gasteiger partial charge is 0.323 e. The lowest BCUT2D eigenvalue weighted by molar-refractivity contribution is 0.0703. The van der Waals surface area contributed by atoms with Crippen LogP contribution in [0.5, 0.6) is 0 Å². The number of nitrogens with one attached hydrogen (secondary N) is 3. The molecule has 4 rings (SSSR count). The molecule has 0 saturated carbocycles. The van der Waals surface area contributed by atoms with Gasteiger partial charge in [0.1, 0.15) is 0 Å². The van der Waals surface area contributed by atoms with E-state index < -0.39 is 0 Å². The number of carbonyl (C=O) groups excluding carboxylic acids is 1. The van der Waals surface area contributed by atoms with Gasteiger partial charge in [0.25, 0.3) is 5.91 Å². The first kappa shape index (κ1) is 15.9. The number of fused-ring (bicyclic) bond motifs is 1. The van der Waals surface area contributed by atoms with E-state index in [2.05, 4.69) is 15.3 Å². The molecule has 0 radical (unpaired) electrons. The van der Waals surface area contributed by atoms with Crippen molar-refractivity contribution < 1.29 is 4.79 Å². The largest absolute Gasteiger partial charge is 0.335 e. The zero-order valence-corrected chi connectivity index (χ0v) is 14.1. The normalized spacial score (nSPS) is 17.8. The van der Waals surface area contributed by atoms with Gasteiger partial charge in [-0.15, -0.1) is 0 Å². The molecule has 1 aromatic heterocycles. The van der Waals surface area contributed by atoms with Crippen LogP contribution in [0, 0.1) is 0 Å². The van der Waals surface area contributed by atoms with E-state index in [1.807, 2.05) is 29.2 Å². The molecule has 25 heavy (non-hydrogen) atoms. The number of piperazine rings is 1. The molecule has 1 fully saturated rings. The maximum atomic E-state index is 12.9. The fourth-order valence-electron chi connectivity index (χ4n) is 3.25. The first-order chi connectivity index (χ1) is 12.1. The molecule has 7 heteroatoms. The standard InChI is InChI=1S/C18H17ClN4O2/c19-13-4-2-1-3-12(13)16-10-23(8-7-20-16)17(24)11-5-6-14-15(9-11)22-18(25)21-14/h1-6,9,16,20H,7-8,10H2,(H2,21,22,25). The Morgan fingerprint density at radius 3 is 2.76 bits per heavy atom. The fraction of sp³-hybridized carbons (Fsp3) is 0.222. The fourth-order valence-corrected chi connectivity index (χ4v) is 3.52. The third kappa shape index (κ3) is 3.06. The Balaban J connectivity index is 1.58. The number of carbonyl (C=O) groups is 1. The van der Waals surface area contributed by atoms with Crippen LogP contribution in [0.3, 0.4) is 0 Å². The van der Waals surface area contributed by atoms with E-state index in [0.29, 0.717) is 41.3 Å². The van der Waals surface area contributed by atoms with Crippen LogP contribution >= 0.6 is 11.6 Å². The predicted octanol–water partition coefficient (Wildman–Crippen LogP) is 2.30. The van der Waals surface area contributed by atoms with E-state index in [1.54, 1.807) is 18.2 Å². The van der Waals surface area contributed by atoms with Gasteiger partial charge in [0.05, 0.1) is 17.1 Å². The van der Waals surface area contributed by atoms with Crippen LogP contribution in [-0.4, -0.2) is 40.4 Å². The SMILES string of the molecule is O=C(c1ccc2[nH]c(=O)[nH]c2c1)N1CCNC(c2ccccc2Cl)C1. The van der Waals surface area contributed by atoms with Crippen molar-refractivity contribution in [3.05, 3.63) is 69.1 Å². The van der Waals surface area contributed by atoms with Gasteiger partial charge in [0, 0.05) is 30.2 Å². The van der Waals surface area contributed by atoms with Crippen LogP contribution < -0.4 is 11.0 Å². The van der Waals surface area contributed by atoms with Crippen molar-refractivity contribution >= 4 is 28.5 Å². The van der Waals surface area contributed by atoms with Crippen molar-refractivity contribution in [3.63, 3.8) is 0 Å². The average molecular weight is 357 g/mol. The van der Waals surface area contributed by atoms with E-state index in [4.69, 9.17) is 11.6 Å². The molecule has 3 N–H and O–H groups in total. The third-order valence-corrected chi connectivity index (χ3v) is 4.85. The monoisotopic (exact) mass is 356 g/mol. The maximum Gasteiger partial charge on any atom is 0.323 e. The number of benzene rings is 2. The van der Waals surface area contributed by atoms with Crippen LogP contribution in [0.1, 0.15) is 22.0 Å². The second-order valence-electron chi connectivity index (χ2n) is 6.12. The lowest BCUT2D eigenvalue weighted by Gasteiger charge is -2.34. The van der Waals surface area contributed by atoms with Crippen LogP contribution in [0.2, 0.25) is 5.02 Å². The summed E-state index contributed by atoms with van der Waals surface area (Å²) >= 11 is 6.29. The van der Waals surface area contributed by atoms with Gasteiger partial charge in [-0.25, -0.2) is 4.79 Å². The molecule has 1 amide bonds. The van der Waals surface area contributed by atoms with Gasteiger partial charge in [0.2, 0.25) is 0 Å². The zero-order valence-electron chi connectivity index (χ0n) is 13.4. The number of hydrogen-bond acceptors (Lipinski definition) is 3. The molecule has 1 saturated heterocycles. The highest BCUT2D eigenvalue weighted by molar-refractivity contribution is 6.31. The molecule has 0 spiro atoms. The summed E-state index contributed by atoms with van der Waals surface area (Å²) in [6, 6.07) is 12.9. The molecule has 1 unspecified atom stereocenters. The van der Waals surface area contributed by atoms with Crippen molar-refractivity contribution in [1.29, 1.82) is 0 Å². The second-order valence-corrected chi connectivity index (χ2v) is 6.53. The van der Waals surface area contributed by atoms with E-state index in [1.165, 1.54) is 0 Å². The highest BCUT2D eigenvalue weighted by atomic mass is 35.5. The summed E-state index contributed by atoms with van der Waals surface area (Å²) in [6.07, 6.45) is 0. The Bertz CT molecular complexity index is 994. The van der Waals surface area contributed by atoms with Gasteiger partial charge in [0.15, 0.2) is 0 Å². The van der Waals surface area contributed by atoms with E-state index in [0.717, 1.165) is 5.56 Å². The summed E-state index contributed by atoms with van der Waals surface area (Å²) in [7, 11) is 0. The van der Waals surface area contributed by atoms with Gasteiger partial charge in [-0.3, -0.25) is 4.79 Å². The molecule has 1 atom stereocenters. The second kappa shape index (κ2) is 6.38. The first-order valence-electron chi connectivity index (χ1n) is 8.11. The van der Waals surface area contributed by atoms with Gasteiger partial charge in [-0.05, 0) is 29.8 Å². The number of H-pyrrole nitrogens is 2. The average Bonchev–Trinajstić information content (AvgIpc) is 3.00. The van der Waals surface area contributed by atoms with Crippen LogP contribution in [0.15, 0.2) is 47.3 Å². The predicted molar refractivity (Wildman–Crippen MR) is 97.0 cm³/mol. The first-order valence-corrected chi connectivity index (χ1v) is 8.49. The Morgan fingerprint density at radius 2 is 1.92 bits per heavy atom. The lowest BCUT2D eigenvalue weighted by Crippen LogP contribution is -2.48. The third-order valence-electron chi connectivity index (χ3n) is 4.51.